The molecule has 1 aliphatic heterocycles. The second-order valence-corrected chi connectivity index (χ2v) is 7.36. The predicted molar refractivity (Wildman–Crippen MR) is 90.0 cm³/mol. The number of nitrogens with zero attached hydrogens (tertiary/aromatic N) is 1. The molecule has 0 aliphatic carbocycles. The van der Waals surface area contributed by atoms with E-state index in [4.69, 9.17) is 15.0 Å². The van der Waals surface area contributed by atoms with Gasteiger partial charge in [0.15, 0.2) is 0 Å². The normalized spacial score (nSPS) is 16.3. The van der Waals surface area contributed by atoms with Crippen molar-refractivity contribution in [2.24, 2.45) is 5.14 Å². The van der Waals surface area contributed by atoms with Gasteiger partial charge in [-0.25, -0.2) is 13.6 Å². The number of hydrogen-bond acceptors (Lipinski definition) is 6. The van der Waals surface area contributed by atoms with Gasteiger partial charge in [-0.15, -0.1) is 0 Å². The highest BCUT2D eigenvalue weighted by Gasteiger charge is 2.23. The van der Waals surface area contributed by atoms with E-state index in [9.17, 15) is 18.0 Å². The van der Waals surface area contributed by atoms with Crippen molar-refractivity contribution in [3.05, 3.63) is 23.8 Å². The molecule has 1 amide bonds. The molecule has 1 atom stereocenters. The molecule has 138 valence electrons. The van der Waals surface area contributed by atoms with Crippen LogP contribution in [0, 0.1) is 0 Å². The monoisotopic (exact) mass is 371 g/mol. The molecule has 1 heterocycles. The Morgan fingerprint density at radius 3 is 2.56 bits per heavy atom. The number of amides is 1. The molecular formula is C15H21N3O6S. The van der Waals surface area contributed by atoms with Crippen LogP contribution >= 0.6 is 0 Å². The second kappa shape index (κ2) is 7.81. The summed E-state index contributed by atoms with van der Waals surface area (Å²) >= 11 is 0. The first-order valence-electron chi connectivity index (χ1n) is 7.70. The number of carbonyl (C=O) groups excluding carboxylic acids is 1. The summed E-state index contributed by atoms with van der Waals surface area (Å²) in [6.45, 7) is 3.66. The highest BCUT2D eigenvalue weighted by Crippen LogP contribution is 2.25. The third-order valence-electron chi connectivity index (χ3n) is 3.75. The van der Waals surface area contributed by atoms with Crippen LogP contribution in [0.2, 0.25) is 0 Å². The number of nitrogens with two attached hydrogens (primary N) is 1. The molecule has 10 heteroatoms. The quantitative estimate of drug-likeness (QED) is 0.627. The lowest BCUT2D eigenvalue weighted by atomic mass is 10.1. The first-order valence-corrected chi connectivity index (χ1v) is 9.25. The number of carboxylic acid groups (broad SMARTS) is 1. The van der Waals surface area contributed by atoms with Gasteiger partial charge in [0, 0.05) is 24.8 Å². The second-order valence-electron chi connectivity index (χ2n) is 5.80. The highest BCUT2D eigenvalue weighted by molar-refractivity contribution is 7.89. The molecule has 0 bridgehead atoms. The standard InChI is InChI=1S/C15H21N3O6S/c1-10(8-14(19)20)17-15(21)12-9-11(25(16,22)23)2-3-13(12)18-4-6-24-7-5-18/h2-3,9-10H,4-8H2,1H3,(H,17,21)(H,19,20)(H2,16,22,23). The average Bonchev–Trinajstić information content (AvgIpc) is 2.53. The molecule has 1 aromatic rings. The maximum Gasteiger partial charge on any atom is 0.305 e. The number of rotatable bonds is 6. The van der Waals surface area contributed by atoms with Gasteiger partial charge in [-0.05, 0) is 25.1 Å². The Labute approximate surface area is 145 Å². The molecular weight excluding hydrogens is 350 g/mol. The molecule has 4 N–H and O–H groups in total. The van der Waals surface area contributed by atoms with Crippen LogP contribution in [-0.2, 0) is 19.6 Å². The molecule has 0 radical (unpaired) electrons. The Balaban J connectivity index is 2.36. The fourth-order valence-corrected chi connectivity index (χ4v) is 3.11. The molecule has 25 heavy (non-hydrogen) atoms. The number of carbonyl (C=O) groups is 2. The van der Waals surface area contributed by atoms with Crippen LogP contribution in [0.4, 0.5) is 5.69 Å². The van der Waals surface area contributed by atoms with Gasteiger partial charge in [0.1, 0.15) is 0 Å². The van der Waals surface area contributed by atoms with Gasteiger partial charge in [-0.2, -0.15) is 0 Å². The number of nitrogens with one attached hydrogen (secondary N) is 1. The van der Waals surface area contributed by atoms with Crippen LogP contribution in [-0.4, -0.2) is 57.7 Å². The maximum absolute atomic E-state index is 12.6. The van der Waals surface area contributed by atoms with Crippen molar-refractivity contribution in [1.82, 2.24) is 5.32 Å². The van der Waals surface area contributed by atoms with Crippen molar-refractivity contribution in [2.75, 3.05) is 31.2 Å². The summed E-state index contributed by atoms with van der Waals surface area (Å²) in [4.78, 5) is 25.1. The van der Waals surface area contributed by atoms with E-state index in [0.29, 0.717) is 32.0 Å². The molecule has 9 nitrogen and oxygen atoms in total. The molecule has 0 saturated carbocycles. The van der Waals surface area contributed by atoms with Crippen molar-refractivity contribution >= 4 is 27.6 Å². The Morgan fingerprint density at radius 1 is 1.36 bits per heavy atom. The van der Waals surface area contributed by atoms with E-state index >= 15 is 0 Å². The van der Waals surface area contributed by atoms with Gasteiger partial charge in [0.05, 0.1) is 30.1 Å². The number of hydrogen-bond donors (Lipinski definition) is 3. The third kappa shape index (κ3) is 5.15. The SMILES string of the molecule is CC(CC(=O)O)NC(=O)c1cc(S(N)(=O)=O)ccc1N1CCOCC1. The van der Waals surface area contributed by atoms with Crippen LogP contribution in [0.3, 0.4) is 0 Å². The van der Waals surface area contributed by atoms with Crippen molar-refractivity contribution in [2.45, 2.75) is 24.3 Å². The number of ether oxygens (including phenoxy) is 1. The van der Waals surface area contributed by atoms with Crippen molar-refractivity contribution in [3.8, 4) is 0 Å². The van der Waals surface area contributed by atoms with Gasteiger partial charge in [-0.3, -0.25) is 9.59 Å². The lowest BCUT2D eigenvalue weighted by molar-refractivity contribution is -0.137. The van der Waals surface area contributed by atoms with E-state index in [1.54, 1.807) is 6.92 Å². The minimum Gasteiger partial charge on any atom is -0.481 e. The predicted octanol–water partition coefficient (Wildman–Crippen LogP) is -0.236. The highest BCUT2D eigenvalue weighted by atomic mass is 32.2. The summed E-state index contributed by atoms with van der Waals surface area (Å²) < 4.78 is 28.5. The number of primary sulfonamides is 1. The first kappa shape index (κ1) is 19.2. The van der Waals surface area contributed by atoms with Gasteiger partial charge >= 0.3 is 5.97 Å². The lowest BCUT2D eigenvalue weighted by Gasteiger charge is -2.30. The number of sulfonamides is 1. The summed E-state index contributed by atoms with van der Waals surface area (Å²) in [6, 6.07) is 3.48. The molecule has 1 aromatic carbocycles. The number of aliphatic carboxylic acids is 1. The maximum atomic E-state index is 12.6. The summed E-state index contributed by atoms with van der Waals surface area (Å²) in [7, 11) is -3.97. The van der Waals surface area contributed by atoms with Gasteiger partial charge in [0.2, 0.25) is 10.0 Å². The van der Waals surface area contributed by atoms with Gasteiger partial charge in [-0.1, -0.05) is 0 Å². The molecule has 1 saturated heterocycles. The molecule has 0 aromatic heterocycles. The smallest absolute Gasteiger partial charge is 0.305 e. The molecule has 1 fully saturated rings. The number of benzene rings is 1. The number of anilines is 1. The first-order chi connectivity index (χ1) is 11.7. The van der Waals surface area contributed by atoms with E-state index in [-0.39, 0.29) is 16.9 Å². The van der Waals surface area contributed by atoms with Crippen molar-refractivity contribution < 1.29 is 27.9 Å². The number of morpholine rings is 1. The average molecular weight is 371 g/mol. The van der Waals surface area contributed by atoms with Crippen molar-refractivity contribution in [3.63, 3.8) is 0 Å². The summed E-state index contributed by atoms with van der Waals surface area (Å²) in [5.41, 5.74) is 0.682. The van der Waals surface area contributed by atoms with E-state index in [0.717, 1.165) is 0 Å². The van der Waals surface area contributed by atoms with E-state index in [1.165, 1.54) is 18.2 Å². The van der Waals surface area contributed by atoms with Crippen LogP contribution in [0.5, 0.6) is 0 Å². The summed E-state index contributed by atoms with van der Waals surface area (Å²) in [5.74, 6) is -1.60. The fraction of sp³-hybridized carbons (Fsp3) is 0.467. The van der Waals surface area contributed by atoms with Gasteiger partial charge in [0.25, 0.3) is 5.91 Å². The Morgan fingerprint density at radius 2 is 2.00 bits per heavy atom. The zero-order valence-electron chi connectivity index (χ0n) is 13.8. The minimum absolute atomic E-state index is 0.130. The van der Waals surface area contributed by atoms with Gasteiger partial charge < -0.3 is 20.1 Å². The minimum atomic E-state index is -3.97. The Bertz CT molecular complexity index is 759. The van der Waals surface area contributed by atoms with E-state index < -0.39 is 27.9 Å². The summed E-state index contributed by atoms with van der Waals surface area (Å²) in [6.07, 6.45) is -0.243. The van der Waals surface area contributed by atoms with E-state index in [1.807, 2.05) is 4.90 Å². The van der Waals surface area contributed by atoms with E-state index in [2.05, 4.69) is 5.32 Å². The largest absolute Gasteiger partial charge is 0.481 e. The molecule has 0 spiro atoms. The van der Waals surface area contributed by atoms with Crippen LogP contribution in [0.15, 0.2) is 23.1 Å². The van der Waals surface area contributed by atoms with Crippen molar-refractivity contribution in [1.29, 1.82) is 0 Å². The van der Waals surface area contributed by atoms with Crippen LogP contribution < -0.4 is 15.4 Å². The zero-order valence-corrected chi connectivity index (χ0v) is 14.6. The molecule has 2 rings (SSSR count). The van der Waals surface area contributed by atoms with Crippen LogP contribution in [0.25, 0.3) is 0 Å². The molecule has 1 aliphatic rings. The Hall–Kier alpha value is -2.17. The Kier molecular flexibility index (Phi) is 5.98. The topological polar surface area (TPSA) is 139 Å². The van der Waals surface area contributed by atoms with Crippen LogP contribution in [0.1, 0.15) is 23.7 Å². The molecule has 1 unspecified atom stereocenters. The number of carboxylic acids is 1. The lowest BCUT2D eigenvalue weighted by Crippen LogP contribution is -2.39. The third-order valence-corrected chi connectivity index (χ3v) is 4.66. The fourth-order valence-electron chi connectivity index (χ4n) is 2.57. The summed E-state index contributed by atoms with van der Waals surface area (Å²) in [5, 5.41) is 16.5. The zero-order chi connectivity index (χ0) is 18.6.